The number of piperidine rings is 1. The number of anilines is 1. The Morgan fingerprint density at radius 1 is 1.47 bits per heavy atom. The lowest BCUT2D eigenvalue weighted by atomic mass is 9.98. The van der Waals surface area contributed by atoms with Gasteiger partial charge in [0.25, 0.3) is 0 Å². The average Bonchev–Trinajstić information content (AvgIpc) is 2.39. The molecule has 0 unspecified atom stereocenters. The van der Waals surface area contributed by atoms with Crippen molar-refractivity contribution in [3.63, 3.8) is 0 Å². The molecule has 0 amide bonds. The van der Waals surface area contributed by atoms with Crippen LogP contribution in [0.1, 0.15) is 23.2 Å². The second-order valence-electron chi connectivity index (χ2n) is 4.43. The monoisotopic (exact) mass is 237 g/mol. The molecule has 0 spiro atoms. The van der Waals surface area contributed by atoms with E-state index in [4.69, 9.17) is 5.11 Å². The SMILES string of the molecule is O=C(O)c1ccccc1N1CCC[C@@H](CF)C1. The molecule has 1 aliphatic rings. The zero-order valence-corrected chi connectivity index (χ0v) is 9.60. The first-order valence-corrected chi connectivity index (χ1v) is 5.85. The van der Waals surface area contributed by atoms with Crippen LogP contribution in [-0.4, -0.2) is 30.8 Å². The van der Waals surface area contributed by atoms with Crippen LogP contribution in [0, 0.1) is 5.92 Å². The van der Waals surface area contributed by atoms with Crippen LogP contribution in [0.2, 0.25) is 0 Å². The summed E-state index contributed by atoms with van der Waals surface area (Å²) in [5, 5.41) is 9.12. The first-order chi connectivity index (χ1) is 8.22. The van der Waals surface area contributed by atoms with E-state index < -0.39 is 5.97 Å². The molecule has 0 bridgehead atoms. The Bertz CT molecular complexity index is 408. The van der Waals surface area contributed by atoms with Crippen molar-refractivity contribution >= 4 is 11.7 Å². The van der Waals surface area contributed by atoms with Crippen molar-refractivity contribution in [1.29, 1.82) is 0 Å². The van der Waals surface area contributed by atoms with Crippen LogP contribution in [0.4, 0.5) is 10.1 Å². The Labute approximate surface area is 99.9 Å². The van der Waals surface area contributed by atoms with Gasteiger partial charge in [-0.2, -0.15) is 0 Å². The minimum atomic E-state index is -0.928. The fourth-order valence-corrected chi connectivity index (χ4v) is 2.34. The van der Waals surface area contributed by atoms with Gasteiger partial charge in [0.15, 0.2) is 0 Å². The van der Waals surface area contributed by atoms with E-state index in [-0.39, 0.29) is 12.6 Å². The smallest absolute Gasteiger partial charge is 0.337 e. The summed E-state index contributed by atoms with van der Waals surface area (Å²) >= 11 is 0. The standard InChI is InChI=1S/C13H16FNO2/c14-8-10-4-3-7-15(9-10)12-6-2-1-5-11(12)13(16)17/h1-2,5-6,10H,3-4,7-9H2,(H,16,17)/t10-/m0/s1. The molecule has 1 fully saturated rings. The second kappa shape index (κ2) is 5.17. The zero-order chi connectivity index (χ0) is 12.3. The highest BCUT2D eigenvalue weighted by atomic mass is 19.1. The minimum absolute atomic E-state index is 0.0330. The van der Waals surface area contributed by atoms with Gasteiger partial charge in [-0.3, -0.25) is 4.39 Å². The Kier molecular flexibility index (Phi) is 3.61. The minimum Gasteiger partial charge on any atom is -0.478 e. The highest BCUT2D eigenvalue weighted by Crippen LogP contribution is 2.26. The fraction of sp³-hybridized carbons (Fsp3) is 0.462. The van der Waals surface area contributed by atoms with E-state index in [9.17, 15) is 9.18 Å². The van der Waals surface area contributed by atoms with Crippen LogP contribution in [0.5, 0.6) is 0 Å². The molecule has 2 rings (SSSR count). The van der Waals surface area contributed by atoms with Crippen molar-refractivity contribution in [2.24, 2.45) is 5.92 Å². The highest BCUT2D eigenvalue weighted by Gasteiger charge is 2.22. The molecule has 1 aromatic carbocycles. The van der Waals surface area contributed by atoms with Gasteiger partial charge in [0.2, 0.25) is 0 Å². The van der Waals surface area contributed by atoms with Crippen LogP contribution in [0.3, 0.4) is 0 Å². The zero-order valence-electron chi connectivity index (χ0n) is 9.60. The van der Waals surface area contributed by atoms with Crippen molar-refractivity contribution in [3.05, 3.63) is 29.8 Å². The molecule has 92 valence electrons. The molecule has 1 N–H and O–H groups in total. The third-order valence-electron chi connectivity index (χ3n) is 3.21. The lowest BCUT2D eigenvalue weighted by Crippen LogP contribution is -2.37. The third kappa shape index (κ3) is 2.57. The molecule has 17 heavy (non-hydrogen) atoms. The summed E-state index contributed by atoms with van der Waals surface area (Å²) < 4.78 is 12.7. The fourth-order valence-electron chi connectivity index (χ4n) is 2.34. The summed E-state index contributed by atoms with van der Waals surface area (Å²) in [5.41, 5.74) is 1.00. The van der Waals surface area contributed by atoms with E-state index in [0.29, 0.717) is 17.8 Å². The molecule has 0 aromatic heterocycles. The Balaban J connectivity index is 2.24. The van der Waals surface area contributed by atoms with E-state index in [2.05, 4.69) is 0 Å². The third-order valence-corrected chi connectivity index (χ3v) is 3.21. The number of para-hydroxylation sites is 1. The van der Waals surface area contributed by atoms with Crippen molar-refractivity contribution in [1.82, 2.24) is 0 Å². The number of hydrogen-bond acceptors (Lipinski definition) is 2. The first kappa shape index (κ1) is 11.9. The van der Waals surface area contributed by atoms with Gasteiger partial charge in [-0.05, 0) is 25.0 Å². The van der Waals surface area contributed by atoms with Gasteiger partial charge in [-0.1, -0.05) is 12.1 Å². The van der Waals surface area contributed by atoms with E-state index in [1.165, 1.54) is 0 Å². The van der Waals surface area contributed by atoms with Gasteiger partial charge < -0.3 is 10.0 Å². The maximum Gasteiger partial charge on any atom is 0.337 e. The van der Waals surface area contributed by atoms with E-state index >= 15 is 0 Å². The number of carboxylic acids is 1. The summed E-state index contributed by atoms with van der Waals surface area (Å²) in [6, 6.07) is 6.92. The van der Waals surface area contributed by atoms with Gasteiger partial charge in [0.1, 0.15) is 0 Å². The molecule has 0 aliphatic carbocycles. The normalized spacial score (nSPS) is 20.3. The Morgan fingerprint density at radius 2 is 2.24 bits per heavy atom. The molecule has 4 heteroatoms. The first-order valence-electron chi connectivity index (χ1n) is 5.85. The predicted octanol–water partition coefficient (Wildman–Crippen LogP) is 2.57. The number of benzene rings is 1. The van der Waals surface area contributed by atoms with Gasteiger partial charge in [0.05, 0.1) is 17.9 Å². The molecule has 1 aromatic rings. The van der Waals surface area contributed by atoms with Gasteiger partial charge >= 0.3 is 5.97 Å². The number of alkyl halides is 1. The predicted molar refractivity (Wildman–Crippen MR) is 64.3 cm³/mol. The molecular weight excluding hydrogens is 221 g/mol. The number of rotatable bonds is 3. The van der Waals surface area contributed by atoms with E-state index in [0.717, 1.165) is 19.4 Å². The molecule has 0 radical (unpaired) electrons. The second-order valence-corrected chi connectivity index (χ2v) is 4.43. The maximum atomic E-state index is 12.7. The topological polar surface area (TPSA) is 40.5 Å². The van der Waals surface area contributed by atoms with Crippen LogP contribution < -0.4 is 4.90 Å². The number of carboxylic acid groups (broad SMARTS) is 1. The lowest BCUT2D eigenvalue weighted by molar-refractivity contribution is 0.0697. The quantitative estimate of drug-likeness (QED) is 0.878. The summed E-state index contributed by atoms with van der Waals surface area (Å²) in [6.45, 7) is 1.09. The van der Waals surface area contributed by atoms with Crippen LogP contribution >= 0.6 is 0 Å². The van der Waals surface area contributed by atoms with Crippen molar-refractivity contribution in [2.75, 3.05) is 24.7 Å². The number of nitrogens with zero attached hydrogens (tertiary/aromatic N) is 1. The largest absolute Gasteiger partial charge is 0.478 e. The van der Waals surface area contributed by atoms with Gasteiger partial charge in [-0.25, -0.2) is 4.79 Å². The number of halogens is 1. The molecular formula is C13H16FNO2. The van der Waals surface area contributed by atoms with Crippen molar-refractivity contribution < 1.29 is 14.3 Å². The number of aromatic carboxylic acids is 1. The lowest BCUT2D eigenvalue weighted by Gasteiger charge is -2.34. The Hall–Kier alpha value is -1.58. The summed E-state index contributed by atoms with van der Waals surface area (Å²) in [4.78, 5) is 13.1. The van der Waals surface area contributed by atoms with Crippen molar-refractivity contribution in [2.45, 2.75) is 12.8 Å². The van der Waals surface area contributed by atoms with Crippen LogP contribution in [-0.2, 0) is 0 Å². The number of carbonyl (C=O) groups is 1. The molecule has 1 saturated heterocycles. The molecule has 0 saturated carbocycles. The van der Waals surface area contributed by atoms with Crippen molar-refractivity contribution in [3.8, 4) is 0 Å². The average molecular weight is 237 g/mol. The summed E-state index contributed by atoms with van der Waals surface area (Å²) in [6.07, 6.45) is 1.81. The van der Waals surface area contributed by atoms with Crippen LogP contribution in [0.15, 0.2) is 24.3 Å². The summed E-state index contributed by atoms with van der Waals surface area (Å²) in [5.74, 6) is -0.895. The Morgan fingerprint density at radius 3 is 2.94 bits per heavy atom. The van der Waals surface area contributed by atoms with E-state index in [1.807, 2.05) is 11.0 Å². The molecule has 3 nitrogen and oxygen atoms in total. The van der Waals surface area contributed by atoms with Crippen LogP contribution in [0.25, 0.3) is 0 Å². The number of hydrogen-bond donors (Lipinski definition) is 1. The highest BCUT2D eigenvalue weighted by molar-refractivity contribution is 5.94. The van der Waals surface area contributed by atoms with Gasteiger partial charge in [-0.15, -0.1) is 0 Å². The summed E-state index contributed by atoms with van der Waals surface area (Å²) in [7, 11) is 0. The molecule has 1 atom stereocenters. The van der Waals surface area contributed by atoms with E-state index in [1.54, 1.807) is 18.2 Å². The molecule has 1 aliphatic heterocycles. The molecule has 1 heterocycles. The maximum absolute atomic E-state index is 12.7. The van der Waals surface area contributed by atoms with Gasteiger partial charge in [0, 0.05) is 19.0 Å².